The van der Waals surface area contributed by atoms with Gasteiger partial charge in [-0.3, -0.25) is 4.79 Å². The van der Waals surface area contributed by atoms with Crippen LogP contribution in [0.3, 0.4) is 0 Å². The second-order valence-electron chi connectivity index (χ2n) is 5.44. The van der Waals surface area contributed by atoms with E-state index in [1.54, 1.807) is 29.5 Å². The highest BCUT2D eigenvalue weighted by Crippen LogP contribution is 2.29. The van der Waals surface area contributed by atoms with Gasteiger partial charge >= 0.3 is 0 Å². The molecule has 0 bridgehead atoms. The molecule has 2 atom stereocenters. The number of likely N-dealkylation sites (tertiary alicyclic amines) is 1. The number of benzene rings is 1. The Bertz CT molecular complexity index is 640. The standard InChI is InChI=1S/C16H16Cl2N2OS/c17-11-4-1-5-12(18)16(11)19-15(21)10-20-8-2-6-13(20)14-7-3-9-22-14/h1,3-5,7,9,13H,2,6,8,10H2,(H,19,21)/p+1/t13-/m1/s1. The average molecular weight is 356 g/mol. The molecule has 2 N–H and O–H groups in total. The molecule has 1 aliphatic rings. The van der Waals surface area contributed by atoms with Crippen LogP contribution in [0.5, 0.6) is 0 Å². The zero-order valence-corrected chi connectivity index (χ0v) is 14.3. The third-order valence-electron chi connectivity index (χ3n) is 3.98. The van der Waals surface area contributed by atoms with Gasteiger partial charge in [0.1, 0.15) is 6.04 Å². The molecule has 1 fully saturated rings. The first-order chi connectivity index (χ1) is 10.6. The van der Waals surface area contributed by atoms with Crippen LogP contribution in [0.4, 0.5) is 5.69 Å². The van der Waals surface area contributed by atoms with E-state index in [1.165, 1.54) is 9.78 Å². The third kappa shape index (κ3) is 3.46. The van der Waals surface area contributed by atoms with Crippen molar-refractivity contribution in [2.24, 2.45) is 0 Å². The van der Waals surface area contributed by atoms with Crippen LogP contribution in [-0.2, 0) is 4.79 Å². The number of hydrogen-bond acceptors (Lipinski definition) is 2. The van der Waals surface area contributed by atoms with Crippen molar-refractivity contribution in [3.05, 3.63) is 50.6 Å². The van der Waals surface area contributed by atoms with Crippen molar-refractivity contribution in [3.63, 3.8) is 0 Å². The SMILES string of the molecule is O=C(C[NH+]1CCC[C@@H]1c1cccs1)Nc1c(Cl)cccc1Cl. The minimum absolute atomic E-state index is 0.0477. The number of hydrogen-bond donors (Lipinski definition) is 2. The molecule has 3 rings (SSSR count). The first-order valence-electron chi connectivity index (χ1n) is 7.27. The van der Waals surface area contributed by atoms with Crippen LogP contribution in [0.1, 0.15) is 23.8 Å². The fraction of sp³-hybridized carbons (Fsp3) is 0.312. The first-order valence-corrected chi connectivity index (χ1v) is 8.90. The minimum Gasteiger partial charge on any atom is -0.320 e. The molecule has 0 spiro atoms. The van der Waals surface area contributed by atoms with E-state index in [0.29, 0.717) is 28.3 Å². The maximum absolute atomic E-state index is 12.3. The summed E-state index contributed by atoms with van der Waals surface area (Å²) in [5.74, 6) is -0.0477. The molecule has 3 nitrogen and oxygen atoms in total. The lowest BCUT2D eigenvalue weighted by Crippen LogP contribution is -3.11. The maximum Gasteiger partial charge on any atom is 0.279 e. The highest BCUT2D eigenvalue weighted by Gasteiger charge is 2.32. The monoisotopic (exact) mass is 355 g/mol. The summed E-state index contributed by atoms with van der Waals surface area (Å²) in [7, 11) is 0. The molecule has 1 unspecified atom stereocenters. The number of amides is 1. The largest absolute Gasteiger partial charge is 0.320 e. The molecule has 0 radical (unpaired) electrons. The fourth-order valence-electron chi connectivity index (χ4n) is 2.96. The summed E-state index contributed by atoms with van der Waals surface area (Å²) < 4.78 is 0. The van der Waals surface area contributed by atoms with Crippen molar-refractivity contribution in [2.45, 2.75) is 18.9 Å². The minimum atomic E-state index is -0.0477. The van der Waals surface area contributed by atoms with Crippen LogP contribution in [0.2, 0.25) is 10.0 Å². The van der Waals surface area contributed by atoms with E-state index < -0.39 is 0 Å². The van der Waals surface area contributed by atoms with Gasteiger partial charge in [0, 0.05) is 12.8 Å². The van der Waals surface area contributed by atoms with Crippen LogP contribution < -0.4 is 10.2 Å². The number of carbonyl (C=O) groups excluding carboxylic acids is 1. The van der Waals surface area contributed by atoms with Gasteiger partial charge in [0.25, 0.3) is 5.91 Å². The zero-order valence-electron chi connectivity index (χ0n) is 11.9. The van der Waals surface area contributed by atoms with Crippen LogP contribution in [0, 0.1) is 0 Å². The van der Waals surface area contributed by atoms with Gasteiger partial charge in [-0.15, -0.1) is 11.3 Å². The van der Waals surface area contributed by atoms with Gasteiger partial charge in [-0.05, 0) is 23.6 Å². The van der Waals surface area contributed by atoms with Crippen molar-refractivity contribution in [3.8, 4) is 0 Å². The van der Waals surface area contributed by atoms with E-state index >= 15 is 0 Å². The highest BCUT2D eigenvalue weighted by atomic mass is 35.5. The Morgan fingerprint density at radius 3 is 2.73 bits per heavy atom. The molecule has 1 aromatic heterocycles. The number of carbonyl (C=O) groups is 1. The first kappa shape index (κ1) is 15.8. The summed E-state index contributed by atoms with van der Waals surface area (Å²) in [4.78, 5) is 15.0. The summed E-state index contributed by atoms with van der Waals surface area (Å²) in [5, 5.41) is 5.87. The third-order valence-corrected chi connectivity index (χ3v) is 5.60. The molecule has 1 aromatic carbocycles. The molecule has 0 aliphatic carbocycles. The van der Waals surface area contributed by atoms with Crippen LogP contribution in [-0.4, -0.2) is 19.0 Å². The van der Waals surface area contributed by atoms with E-state index in [-0.39, 0.29) is 5.91 Å². The van der Waals surface area contributed by atoms with E-state index in [2.05, 4.69) is 22.8 Å². The number of rotatable bonds is 4. The van der Waals surface area contributed by atoms with Crippen molar-refractivity contribution in [1.29, 1.82) is 0 Å². The Labute approximate surface area is 143 Å². The Morgan fingerprint density at radius 2 is 2.05 bits per heavy atom. The maximum atomic E-state index is 12.3. The van der Waals surface area contributed by atoms with Gasteiger partial charge < -0.3 is 10.2 Å². The normalized spacial score (nSPS) is 21.0. The van der Waals surface area contributed by atoms with E-state index in [0.717, 1.165) is 19.4 Å². The fourth-order valence-corrected chi connectivity index (χ4v) is 4.38. The van der Waals surface area contributed by atoms with Gasteiger partial charge in [0.05, 0.1) is 27.2 Å². The Kier molecular flexibility index (Phi) is 5.03. The predicted molar refractivity (Wildman–Crippen MR) is 92.1 cm³/mol. The number of quaternary nitrogens is 1. The van der Waals surface area contributed by atoms with Crippen LogP contribution >= 0.6 is 34.5 Å². The lowest BCUT2D eigenvalue weighted by atomic mass is 10.2. The highest BCUT2D eigenvalue weighted by molar-refractivity contribution is 7.10. The summed E-state index contributed by atoms with van der Waals surface area (Å²) in [6, 6.07) is 9.86. The van der Waals surface area contributed by atoms with Crippen LogP contribution in [0.15, 0.2) is 35.7 Å². The average Bonchev–Trinajstić information content (AvgIpc) is 3.13. The van der Waals surface area contributed by atoms with Gasteiger partial charge in [0.15, 0.2) is 6.54 Å². The van der Waals surface area contributed by atoms with Crippen molar-refractivity contribution in [1.82, 2.24) is 0 Å². The van der Waals surface area contributed by atoms with Gasteiger partial charge in [-0.25, -0.2) is 0 Å². The van der Waals surface area contributed by atoms with E-state index in [4.69, 9.17) is 23.2 Å². The van der Waals surface area contributed by atoms with Crippen molar-refractivity contribution in [2.75, 3.05) is 18.4 Å². The van der Waals surface area contributed by atoms with Crippen molar-refractivity contribution < 1.29 is 9.69 Å². The molecule has 22 heavy (non-hydrogen) atoms. The van der Waals surface area contributed by atoms with E-state index in [9.17, 15) is 4.79 Å². The Morgan fingerprint density at radius 1 is 1.27 bits per heavy atom. The van der Waals surface area contributed by atoms with E-state index in [1.807, 2.05) is 0 Å². The molecular formula is C16H17Cl2N2OS+. The second kappa shape index (κ2) is 7.01. The summed E-state index contributed by atoms with van der Waals surface area (Å²) in [5.41, 5.74) is 0.502. The predicted octanol–water partition coefficient (Wildman–Crippen LogP) is 3.41. The topological polar surface area (TPSA) is 33.5 Å². The van der Waals surface area contributed by atoms with Gasteiger partial charge in [-0.1, -0.05) is 35.3 Å². The molecule has 6 heteroatoms. The lowest BCUT2D eigenvalue weighted by Gasteiger charge is -2.20. The number of thiophene rings is 1. The van der Waals surface area contributed by atoms with Gasteiger partial charge in [0.2, 0.25) is 0 Å². The lowest BCUT2D eigenvalue weighted by molar-refractivity contribution is -0.910. The Balaban J connectivity index is 1.67. The number of halogens is 2. The molecule has 2 aromatic rings. The van der Waals surface area contributed by atoms with Crippen LogP contribution in [0.25, 0.3) is 0 Å². The molecule has 116 valence electrons. The molecule has 1 saturated heterocycles. The molecular weight excluding hydrogens is 339 g/mol. The number of para-hydroxylation sites is 1. The second-order valence-corrected chi connectivity index (χ2v) is 7.23. The quantitative estimate of drug-likeness (QED) is 0.865. The summed E-state index contributed by atoms with van der Waals surface area (Å²) in [6.07, 6.45) is 2.29. The number of nitrogens with one attached hydrogen (secondary N) is 2. The smallest absolute Gasteiger partial charge is 0.279 e. The van der Waals surface area contributed by atoms with Gasteiger partial charge in [-0.2, -0.15) is 0 Å². The molecule has 2 heterocycles. The zero-order chi connectivity index (χ0) is 15.5. The summed E-state index contributed by atoms with van der Waals surface area (Å²) in [6.45, 7) is 1.45. The van der Waals surface area contributed by atoms with Crippen molar-refractivity contribution >= 4 is 46.1 Å². The summed E-state index contributed by atoms with van der Waals surface area (Å²) >= 11 is 14.0. The molecule has 1 amide bonds. The number of anilines is 1. The molecule has 1 aliphatic heterocycles. The Hall–Kier alpha value is -1.07. The molecule has 0 saturated carbocycles.